The molecule has 0 aromatic heterocycles. The Labute approximate surface area is 143 Å². The van der Waals surface area contributed by atoms with Gasteiger partial charge in [-0.05, 0) is 30.9 Å². The van der Waals surface area contributed by atoms with Crippen LogP contribution in [0.25, 0.3) is 0 Å². The fourth-order valence-electron chi connectivity index (χ4n) is 3.52. The Morgan fingerprint density at radius 1 is 1.33 bits per heavy atom. The molecule has 0 aliphatic carbocycles. The summed E-state index contributed by atoms with van der Waals surface area (Å²) < 4.78 is 5.86. The highest BCUT2D eigenvalue weighted by atomic mass is 16.5. The third-order valence-electron chi connectivity index (χ3n) is 4.83. The van der Waals surface area contributed by atoms with Gasteiger partial charge in [0.1, 0.15) is 11.9 Å². The van der Waals surface area contributed by atoms with E-state index in [2.05, 4.69) is 11.4 Å². The van der Waals surface area contributed by atoms with E-state index in [1.165, 1.54) is 5.56 Å². The van der Waals surface area contributed by atoms with Gasteiger partial charge in [0.15, 0.2) is 0 Å². The summed E-state index contributed by atoms with van der Waals surface area (Å²) in [7, 11) is 0. The number of carbonyl (C=O) groups excluding carboxylic acids is 2. The van der Waals surface area contributed by atoms with Crippen LogP contribution in [0.3, 0.4) is 0 Å². The number of fused-ring (bicyclic) bond motifs is 1. The molecule has 1 aromatic carbocycles. The van der Waals surface area contributed by atoms with Crippen LogP contribution in [0.4, 0.5) is 0 Å². The zero-order valence-electron chi connectivity index (χ0n) is 14.3. The Balaban J connectivity index is 1.46. The SMILES string of the molecule is CCCC(=O)N1CCC[C@@H](C(=O)NC[C@H]2Cc3ccccc3O2)C1. The molecule has 1 aromatic rings. The zero-order chi connectivity index (χ0) is 16.9. The minimum absolute atomic E-state index is 0.00719. The highest BCUT2D eigenvalue weighted by Gasteiger charge is 2.29. The molecule has 2 amide bonds. The number of piperidine rings is 1. The second-order valence-electron chi connectivity index (χ2n) is 6.73. The summed E-state index contributed by atoms with van der Waals surface area (Å²) in [6.07, 6.45) is 4.02. The second-order valence-corrected chi connectivity index (χ2v) is 6.73. The van der Waals surface area contributed by atoms with Crippen LogP contribution in [-0.2, 0) is 16.0 Å². The first-order chi connectivity index (χ1) is 11.7. The molecule has 24 heavy (non-hydrogen) atoms. The summed E-state index contributed by atoms with van der Waals surface area (Å²) in [5.74, 6) is 1.04. The predicted octanol–water partition coefficient (Wildman–Crippen LogP) is 2.14. The number of carbonyl (C=O) groups is 2. The van der Waals surface area contributed by atoms with Gasteiger partial charge in [0.05, 0.1) is 12.5 Å². The van der Waals surface area contributed by atoms with Crippen LogP contribution in [0, 0.1) is 5.92 Å². The normalized spacial score (nSPS) is 22.6. The Hall–Kier alpha value is -2.04. The van der Waals surface area contributed by atoms with Crippen LogP contribution >= 0.6 is 0 Å². The lowest BCUT2D eigenvalue weighted by atomic mass is 9.96. The van der Waals surface area contributed by atoms with E-state index in [1.807, 2.05) is 30.0 Å². The minimum atomic E-state index is -0.0941. The molecule has 2 heterocycles. The Kier molecular flexibility index (Phi) is 5.38. The number of hydrogen-bond donors (Lipinski definition) is 1. The van der Waals surface area contributed by atoms with E-state index >= 15 is 0 Å². The van der Waals surface area contributed by atoms with E-state index < -0.39 is 0 Å². The van der Waals surface area contributed by atoms with Crippen LogP contribution in [0.15, 0.2) is 24.3 Å². The molecule has 5 heteroatoms. The molecule has 0 saturated carbocycles. The van der Waals surface area contributed by atoms with Crippen molar-refractivity contribution in [3.05, 3.63) is 29.8 Å². The number of rotatable bonds is 5. The number of hydrogen-bond acceptors (Lipinski definition) is 3. The summed E-state index contributed by atoms with van der Waals surface area (Å²) in [4.78, 5) is 26.3. The van der Waals surface area contributed by atoms with Crippen molar-refractivity contribution in [2.24, 2.45) is 5.92 Å². The summed E-state index contributed by atoms with van der Waals surface area (Å²) in [5, 5.41) is 3.02. The molecule has 2 atom stereocenters. The van der Waals surface area contributed by atoms with Crippen molar-refractivity contribution in [2.75, 3.05) is 19.6 Å². The van der Waals surface area contributed by atoms with E-state index in [0.29, 0.717) is 19.5 Å². The third-order valence-corrected chi connectivity index (χ3v) is 4.83. The van der Waals surface area contributed by atoms with Crippen LogP contribution in [0.2, 0.25) is 0 Å². The van der Waals surface area contributed by atoms with Crippen molar-refractivity contribution in [2.45, 2.75) is 45.1 Å². The summed E-state index contributed by atoms with van der Waals surface area (Å²) in [5.41, 5.74) is 1.20. The third kappa shape index (κ3) is 3.89. The van der Waals surface area contributed by atoms with Gasteiger partial charge in [0, 0.05) is 25.9 Å². The van der Waals surface area contributed by atoms with Gasteiger partial charge in [-0.2, -0.15) is 0 Å². The van der Waals surface area contributed by atoms with Crippen LogP contribution < -0.4 is 10.1 Å². The maximum absolute atomic E-state index is 12.4. The number of benzene rings is 1. The molecule has 0 unspecified atom stereocenters. The average molecular weight is 330 g/mol. The number of nitrogens with one attached hydrogen (secondary N) is 1. The molecular formula is C19H26N2O3. The van der Waals surface area contributed by atoms with E-state index in [9.17, 15) is 9.59 Å². The second kappa shape index (κ2) is 7.69. The number of nitrogens with zero attached hydrogens (tertiary/aromatic N) is 1. The molecule has 5 nitrogen and oxygen atoms in total. The molecule has 1 saturated heterocycles. The first kappa shape index (κ1) is 16.8. The molecule has 0 radical (unpaired) electrons. The van der Waals surface area contributed by atoms with Gasteiger partial charge in [-0.3, -0.25) is 9.59 Å². The highest BCUT2D eigenvalue weighted by Crippen LogP contribution is 2.27. The van der Waals surface area contributed by atoms with Crippen molar-refractivity contribution in [1.82, 2.24) is 10.2 Å². The fourth-order valence-corrected chi connectivity index (χ4v) is 3.52. The number of ether oxygens (including phenoxy) is 1. The van der Waals surface area contributed by atoms with E-state index in [-0.39, 0.29) is 23.8 Å². The molecule has 3 rings (SSSR count). The quantitative estimate of drug-likeness (QED) is 0.900. The minimum Gasteiger partial charge on any atom is -0.488 e. The van der Waals surface area contributed by atoms with E-state index in [4.69, 9.17) is 4.74 Å². The zero-order valence-corrected chi connectivity index (χ0v) is 14.3. The first-order valence-electron chi connectivity index (χ1n) is 8.97. The van der Waals surface area contributed by atoms with Gasteiger partial charge in [-0.15, -0.1) is 0 Å². The van der Waals surface area contributed by atoms with Gasteiger partial charge in [0.25, 0.3) is 0 Å². The highest BCUT2D eigenvalue weighted by molar-refractivity contribution is 5.81. The molecule has 130 valence electrons. The standard InChI is InChI=1S/C19H26N2O3/c1-2-6-18(22)21-10-5-8-15(13-21)19(23)20-12-16-11-14-7-3-4-9-17(14)24-16/h3-4,7,9,15-16H,2,5-6,8,10-13H2,1H3,(H,20,23)/t15-,16-/m1/s1. The maximum atomic E-state index is 12.4. The van der Waals surface area contributed by atoms with Gasteiger partial charge in [-0.1, -0.05) is 25.1 Å². The molecule has 1 N–H and O–H groups in total. The molecule has 0 spiro atoms. The van der Waals surface area contributed by atoms with Crippen molar-refractivity contribution in [1.29, 1.82) is 0 Å². The van der Waals surface area contributed by atoms with Crippen LogP contribution in [0.5, 0.6) is 5.75 Å². The van der Waals surface area contributed by atoms with Gasteiger partial charge >= 0.3 is 0 Å². The van der Waals surface area contributed by atoms with Crippen LogP contribution in [0.1, 0.15) is 38.2 Å². The largest absolute Gasteiger partial charge is 0.488 e. The number of para-hydroxylation sites is 1. The van der Waals surface area contributed by atoms with Crippen molar-refractivity contribution >= 4 is 11.8 Å². The Morgan fingerprint density at radius 3 is 2.96 bits per heavy atom. The van der Waals surface area contributed by atoms with E-state index in [1.54, 1.807) is 0 Å². The Morgan fingerprint density at radius 2 is 2.17 bits per heavy atom. The summed E-state index contributed by atoms with van der Waals surface area (Å²) in [6, 6.07) is 8.00. The molecular weight excluding hydrogens is 304 g/mol. The summed E-state index contributed by atoms with van der Waals surface area (Å²) >= 11 is 0. The molecule has 1 fully saturated rings. The molecule has 2 aliphatic heterocycles. The number of likely N-dealkylation sites (tertiary alicyclic amines) is 1. The van der Waals surface area contributed by atoms with Crippen molar-refractivity contribution < 1.29 is 14.3 Å². The first-order valence-corrected chi connectivity index (χ1v) is 8.97. The Bertz CT molecular complexity index is 577. The molecule has 0 bridgehead atoms. The smallest absolute Gasteiger partial charge is 0.225 e. The van der Waals surface area contributed by atoms with Gasteiger partial charge in [0.2, 0.25) is 11.8 Å². The van der Waals surface area contributed by atoms with Crippen molar-refractivity contribution in [3.8, 4) is 5.75 Å². The lowest BCUT2D eigenvalue weighted by Crippen LogP contribution is -2.46. The average Bonchev–Trinajstić information content (AvgIpc) is 3.03. The maximum Gasteiger partial charge on any atom is 0.225 e. The monoisotopic (exact) mass is 330 g/mol. The van der Waals surface area contributed by atoms with Crippen LogP contribution in [-0.4, -0.2) is 42.5 Å². The fraction of sp³-hybridized carbons (Fsp3) is 0.579. The lowest BCUT2D eigenvalue weighted by Gasteiger charge is -2.32. The molecule has 2 aliphatic rings. The summed E-state index contributed by atoms with van der Waals surface area (Å²) in [6.45, 7) is 3.86. The topological polar surface area (TPSA) is 58.6 Å². The van der Waals surface area contributed by atoms with E-state index in [0.717, 1.165) is 38.0 Å². The van der Waals surface area contributed by atoms with Gasteiger partial charge < -0.3 is 15.0 Å². The number of amides is 2. The lowest BCUT2D eigenvalue weighted by molar-refractivity contribution is -0.135. The van der Waals surface area contributed by atoms with Gasteiger partial charge in [-0.25, -0.2) is 0 Å². The van der Waals surface area contributed by atoms with Crippen molar-refractivity contribution in [3.63, 3.8) is 0 Å². The predicted molar refractivity (Wildman–Crippen MR) is 91.8 cm³/mol.